The fourth-order valence-corrected chi connectivity index (χ4v) is 2.70. The molecule has 0 heterocycles. The van der Waals surface area contributed by atoms with Crippen LogP contribution < -0.4 is 5.32 Å². The van der Waals surface area contributed by atoms with Gasteiger partial charge in [0.2, 0.25) is 0 Å². The third-order valence-electron chi connectivity index (χ3n) is 3.74. The van der Waals surface area contributed by atoms with E-state index in [0.717, 1.165) is 0 Å². The molecule has 2 rings (SSSR count). The monoisotopic (exact) mass is 383 g/mol. The quantitative estimate of drug-likeness (QED) is 0.347. The van der Waals surface area contributed by atoms with E-state index in [2.05, 4.69) is 5.32 Å². The van der Waals surface area contributed by atoms with Crippen LogP contribution in [0.3, 0.4) is 0 Å². The number of phenols is 5. The zero-order valence-electron chi connectivity index (χ0n) is 13.3. The van der Waals surface area contributed by atoms with E-state index in [-0.39, 0.29) is 29.0 Å². The molecule has 0 aliphatic carbocycles. The Balaban J connectivity index is 2.00. The summed E-state index contributed by atoms with van der Waals surface area (Å²) in [5, 5.41) is 50.5. The lowest BCUT2D eigenvalue weighted by atomic mass is 10.00. The maximum Gasteiger partial charge on any atom is 0.200 e. The molecule has 0 radical (unpaired) electrons. The lowest BCUT2D eigenvalue weighted by molar-refractivity contribution is 0.367. The fraction of sp³-hybridized carbons (Fsp3) is 0.235. The Morgan fingerprint density at radius 3 is 2.24 bits per heavy atom. The number of hydrogen-bond donors (Lipinski definition) is 6. The highest BCUT2D eigenvalue weighted by Gasteiger charge is 2.16. The average Bonchev–Trinajstić information content (AvgIpc) is 2.57. The van der Waals surface area contributed by atoms with Crippen LogP contribution in [0.4, 0.5) is 0 Å². The number of halogens is 1. The van der Waals surface area contributed by atoms with Crippen molar-refractivity contribution >= 4 is 28.8 Å². The Bertz CT molecular complexity index is 789. The smallest absolute Gasteiger partial charge is 0.200 e. The van der Waals surface area contributed by atoms with Crippen LogP contribution in [0, 0.1) is 5.92 Å². The molecule has 6 N–H and O–H groups in total. The lowest BCUT2D eigenvalue weighted by Crippen LogP contribution is -2.28. The van der Waals surface area contributed by atoms with Crippen molar-refractivity contribution < 1.29 is 25.5 Å². The third kappa shape index (κ3) is 4.37. The van der Waals surface area contributed by atoms with Gasteiger partial charge in [-0.1, -0.05) is 36.8 Å². The number of aromatic hydroxyl groups is 5. The van der Waals surface area contributed by atoms with Crippen LogP contribution in [0.1, 0.15) is 18.1 Å². The second-order valence-corrected chi connectivity index (χ2v) is 6.53. The van der Waals surface area contributed by atoms with Gasteiger partial charge in [-0.05, 0) is 35.7 Å². The first kappa shape index (κ1) is 19.0. The summed E-state index contributed by atoms with van der Waals surface area (Å²) in [6.45, 7) is 2.13. The normalized spacial score (nSPS) is 11.9. The van der Waals surface area contributed by atoms with Crippen molar-refractivity contribution in [1.29, 1.82) is 0 Å². The topological polar surface area (TPSA) is 113 Å². The van der Waals surface area contributed by atoms with Gasteiger partial charge in [0, 0.05) is 12.5 Å². The third-order valence-corrected chi connectivity index (χ3v) is 4.71. The molecule has 2 aromatic carbocycles. The number of rotatable bonds is 5. The van der Waals surface area contributed by atoms with E-state index < -0.39 is 17.2 Å². The highest BCUT2D eigenvalue weighted by atomic mass is 35.5. The van der Waals surface area contributed by atoms with E-state index in [1.807, 2.05) is 6.92 Å². The predicted molar refractivity (Wildman–Crippen MR) is 98.5 cm³/mol. The summed E-state index contributed by atoms with van der Waals surface area (Å²) in [4.78, 5) is 0.524. The van der Waals surface area contributed by atoms with E-state index in [9.17, 15) is 25.5 Å². The first-order chi connectivity index (χ1) is 11.7. The van der Waals surface area contributed by atoms with Crippen molar-refractivity contribution in [2.45, 2.75) is 19.9 Å². The Morgan fingerprint density at radius 2 is 1.64 bits per heavy atom. The van der Waals surface area contributed by atoms with Gasteiger partial charge in [0.15, 0.2) is 28.7 Å². The Morgan fingerprint density at radius 1 is 1.04 bits per heavy atom. The molecule has 0 aliphatic rings. The van der Waals surface area contributed by atoms with Gasteiger partial charge in [0.1, 0.15) is 0 Å². The van der Waals surface area contributed by atoms with Gasteiger partial charge >= 0.3 is 0 Å². The van der Waals surface area contributed by atoms with E-state index in [1.165, 1.54) is 18.2 Å². The minimum absolute atomic E-state index is 0.0861. The second-order valence-electron chi connectivity index (χ2n) is 5.71. The van der Waals surface area contributed by atoms with Crippen LogP contribution in [-0.4, -0.2) is 30.5 Å². The van der Waals surface area contributed by atoms with Crippen LogP contribution in [0.5, 0.6) is 28.7 Å². The van der Waals surface area contributed by atoms with E-state index in [0.29, 0.717) is 22.5 Å². The Kier molecular flexibility index (Phi) is 5.81. The summed E-state index contributed by atoms with van der Waals surface area (Å²) < 4.78 is 0. The van der Waals surface area contributed by atoms with Crippen LogP contribution in [0.2, 0.25) is 5.02 Å². The zero-order chi connectivity index (χ0) is 18.7. The average molecular weight is 384 g/mol. The number of nitrogens with one attached hydrogen (secondary N) is 1. The SMILES string of the molecule is CC(Cc1ccc(O)c(O)c1Cl)C(=S)NCc1cc(O)c(O)c(O)c1. The molecule has 134 valence electrons. The van der Waals surface area contributed by atoms with Crippen LogP contribution in [-0.2, 0) is 13.0 Å². The molecule has 0 saturated carbocycles. The van der Waals surface area contributed by atoms with Gasteiger partial charge in [0.25, 0.3) is 0 Å². The molecule has 25 heavy (non-hydrogen) atoms. The van der Waals surface area contributed by atoms with Gasteiger partial charge in [-0.2, -0.15) is 0 Å². The van der Waals surface area contributed by atoms with Crippen molar-refractivity contribution in [3.63, 3.8) is 0 Å². The molecule has 1 atom stereocenters. The highest BCUT2D eigenvalue weighted by molar-refractivity contribution is 7.80. The Labute approximate surface area is 154 Å². The molecule has 8 heteroatoms. The number of benzene rings is 2. The first-order valence-electron chi connectivity index (χ1n) is 7.41. The fourth-order valence-electron chi connectivity index (χ4n) is 2.30. The summed E-state index contributed by atoms with van der Waals surface area (Å²) >= 11 is 11.3. The maximum absolute atomic E-state index is 9.67. The largest absolute Gasteiger partial charge is 0.504 e. The molecular formula is C17H18ClNO5S. The molecule has 1 unspecified atom stereocenters. The number of hydrogen-bond acceptors (Lipinski definition) is 6. The molecule has 0 aromatic heterocycles. The van der Waals surface area contributed by atoms with Gasteiger partial charge in [0.05, 0.1) is 10.0 Å². The molecule has 6 nitrogen and oxygen atoms in total. The summed E-state index contributed by atoms with van der Waals surface area (Å²) in [5.74, 6) is -2.16. The van der Waals surface area contributed by atoms with Crippen molar-refractivity contribution in [3.05, 3.63) is 40.4 Å². The van der Waals surface area contributed by atoms with Gasteiger partial charge in [-0.25, -0.2) is 0 Å². The standard InChI is InChI=1S/C17H18ClNO5S/c1-8(4-10-2-3-11(20)16(24)14(10)18)17(25)19-7-9-5-12(21)15(23)13(22)6-9/h2-3,5-6,8,20-24H,4,7H2,1H3,(H,19,25). The summed E-state index contributed by atoms with van der Waals surface area (Å²) in [7, 11) is 0. The second kappa shape index (κ2) is 7.67. The van der Waals surface area contributed by atoms with E-state index in [4.69, 9.17) is 23.8 Å². The van der Waals surface area contributed by atoms with Gasteiger partial charge in [-0.15, -0.1) is 0 Å². The van der Waals surface area contributed by atoms with Gasteiger partial charge in [-0.3, -0.25) is 0 Å². The van der Waals surface area contributed by atoms with Crippen molar-refractivity contribution in [2.24, 2.45) is 5.92 Å². The number of thiocarbonyl (C=S) groups is 1. The Hall–Kier alpha value is -2.38. The molecule has 0 amide bonds. The molecule has 0 aliphatic heterocycles. The number of phenolic OH excluding ortho intramolecular Hbond substituents is 5. The minimum atomic E-state index is -0.568. The van der Waals surface area contributed by atoms with Crippen molar-refractivity contribution in [1.82, 2.24) is 5.32 Å². The van der Waals surface area contributed by atoms with E-state index in [1.54, 1.807) is 6.07 Å². The molecule has 0 bridgehead atoms. The van der Waals surface area contributed by atoms with Crippen LogP contribution >= 0.6 is 23.8 Å². The molecule has 0 saturated heterocycles. The van der Waals surface area contributed by atoms with Crippen molar-refractivity contribution in [3.8, 4) is 28.7 Å². The summed E-state index contributed by atoms with van der Waals surface area (Å²) in [6.07, 6.45) is 0.449. The molecule has 0 fully saturated rings. The van der Waals surface area contributed by atoms with E-state index >= 15 is 0 Å². The summed E-state index contributed by atoms with van der Waals surface area (Å²) in [6, 6.07) is 5.63. The van der Waals surface area contributed by atoms with Gasteiger partial charge < -0.3 is 30.8 Å². The highest BCUT2D eigenvalue weighted by Crippen LogP contribution is 2.37. The predicted octanol–water partition coefficient (Wildman–Crippen LogP) is 3.16. The van der Waals surface area contributed by atoms with Crippen LogP contribution in [0.15, 0.2) is 24.3 Å². The van der Waals surface area contributed by atoms with Crippen molar-refractivity contribution in [2.75, 3.05) is 0 Å². The van der Waals surface area contributed by atoms with Crippen LogP contribution in [0.25, 0.3) is 0 Å². The maximum atomic E-state index is 9.67. The molecular weight excluding hydrogens is 366 g/mol. The molecule has 0 spiro atoms. The lowest BCUT2D eigenvalue weighted by Gasteiger charge is -2.17. The summed E-state index contributed by atoms with van der Waals surface area (Å²) in [5.41, 5.74) is 1.19. The minimum Gasteiger partial charge on any atom is -0.504 e. The zero-order valence-corrected chi connectivity index (χ0v) is 14.9. The molecule has 2 aromatic rings. The first-order valence-corrected chi connectivity index (χ1v) is 8.20.